The van der Waals surface area contributed by atoms with Crippen molar-refractivity contribution in [3.8, 4) is 5.75 Å². The lowest BCUT2D eigenvalue weighted by Crippen LogP contribution is -2.12. The molecular formula is C13H16N4O. The van der Waals surface area contributed by atoms with Crippen molar-refractivity contribution >= 4 is 0 Å². The van der Waals surface area contributed by atoms with Gasteiger partial charge in [0.25, 0.3) is 0 Å². The monoisotopic (exact) mass is 244 g/mol. The van der Waals surface area contributed by atoms with E-state index in [4.69, 9.17) is 4.74 Å². The highest BCUT2D eigenvalue weighted by atomic mass is 16.5. The molecule has 0 aliphatic rings. The van der Waals surface area contributed by atoms with Crippen LogP contribution in [0.3, 0.4) is 0 Å². The van der Waals surface area contributed by atoms with Gasteiger partial charge in [0.1, 0.15) is 12.4 Å². The lowest BCUT2D eigenvalue weighted by molar-refractivity contribution is 0.294. The second-order valence-electron chi connectivity index (χ2n) is 3.72. The highest BCUT2D eigenvalue weighted by Crippen LogP contribution is 2.10. The average molecular weight is 244 g/mol. The third-order valence-electron chi connectivity index (χ3n) is 2.34. The first-order valence-electron chi connectivity index (χ1n) is 5.93. The summed E-state index contributed by atoms with van der Waals surface area (Å²) < 4.78 is 5.54. The van der Waals surface area contributed by atoms with Crippen LogP contribution in [0.4, 0.5) is 0 Å². The molecule has 0 fully saturated rings. The van der Waals surface area contributed by atoms with Gasteiger partial charge in [-0.25, -0.2) is 9.97 Å². The molecule has 0 bridgehead atoms. The van der Waals surface area contributed by atoms with Crippen molar-refractivity contribution in [1.82, 2.24) is 20.3 Å². The van der Waals surface area contributed by atoms with E-state index < -0.39 is 0 Å². The Morgan fingerprint density at radius 1 is 1.17 bits per heavy atom. The van der Waals surface area contributed by atoms with Crippen molar-refractivity contribution in [1.29, 1.82) is 0 Å². The zero-order valence-electron chi connectivity index (χ0n) is 10.3. The van der Waals surface area contributed by atoms with Gasteiger partial charge < -0.3 is 10.1 Å². The van der Waals surface area contributed by atoms with Crippen LogP contribution in [0.5, 0.6) is 5.75 Å². The molecule has 0 atom stereocenters. The predicted molar refractivity (Wildman–Crippen MR) is 68.0 cm³/mol. The Labute approximate surface area is 106 Å². The summed E-state index contributed by atoms with van der Waals surface area (Å²) in [7, 11) is 0. The summed E-state index contributed by atoms with van der Waals surface area (Å²) in [6, 6.07) is 5.63. The van der Waals surface area contributed by atoms with Crippen LogP contribution >= 0.6 is 0 Å². The molecule has 2 aromatic rings. The van der Waals surface area contributed by atoms with Gasteiger partial charge in [0.15, 0.2) is 5.82 Å². The Morgan fingerprint density at radius 2 is 2.00 bits per heavy atom. The first kappa shape index (κ1) is 12.4. The van der Waals surface area contributed by atoms with Gasteiger partial charge in [-0.1, -0.05) is 6.92 Å². The fourth-order valence-corrected chi connectivity index (χ4v) is 1.41. The molecule has 0 amide bonds. The standard InChI is InChI=1S/C13H16N4O/c1-2-14-8-11-4-5-12(9-17-11)18-10-13-15-6-3-7-16-13/h3-7,9,14H,2,8,10H2,1H3. The SMILES string of the molecule is CCNCc1ccc(OCc2ncccn2)cn1. The number of aromatic nitrogens is 3. The molecule has 0 radical (unpaired) electrons. The zero-order valence-corrected chi connectivity index (χ0v) is 10.3. The molecule has 0 saturated heterocycles. The first-order chi connectivity index (χ1) is 8.88. The summed E-state index contributed by atoms with van der Waals surface area (Å²) in [6.45, 7) is 4.14. The third-order valence-corrected chi connectivity index (χ3v) is 2.34. The van der Waals surface area contributed by atoms with Gasteiger partial charge in [0.05, 0.1) is 11.9 Å². The van der Waals surface area contributed by atoms with Crippen molar-refractivity contribution in [2.75, 3.05) is 6.54 Å². The Kier molecular flexibility index (Phi) is 4.60. The predicted octanol–water partition coefficient (Wildman–Crippen LogP) is 1.56. The number of ether oxygens (including phenoxy) is 1. The smallest absolute Gasteiger partial charge is 0.166 e. The molecule has 0 saturated carbocycles. The summed E-state index contributed by atoms with van der Waals surface area (Å²) >= 11 is 0. The molecule has 0 aliphatic heterocycles. The van der Waals surface area contributed by atoms with Gasteiger partial charge in [-0.05, 0) is 24.7 Å². The molecule has 0 unspecified atom stereocenters. The largest absolute Gasteiger partial charge is 0.484 e. The molecule has 0 spiro atoms. The second kappa shape index (κ2) is 6.66. The molecule has 2 aromatic heterocycles. The van der Waals surface area contributed by atoms with Crippen molar-refractivity contribution in [2.24, 2.45) is 0 Å². The van der Waals surface area contributed by atoms with Crippen LogP contribution in [0.1, 0.15) is 18.4 Å². The van der Waals surface area contributed by atoms with Crippen molar-refractivity contribution in [2.45, 2.75) is 20.1 Å². The minimum absolute atomic E-state index is 0.356. The van der Waals surface area contributed by atoms with Crippen molar-refractivity contribution in [3.63, 3.8) is 0 Å². The molecule has 18 heavy (non-hydrogen) atoms. The van der Waals surface area contributed by atoms with Crippen LogP contribution in [-0.2, 0) is 13.2 Å². The maximum absolute atomic E-state index is 5.54. The van der Waals surface area contributed by atoms with E-state index in [0.29, 0.717) is 12.4 Å². The summed E-state index contributed by atoms with van der Waals surface area (Å²) in [5.41, 5.74) is 1.00. The highest BCUT2D eigenvalue weighted by Gasteiger charge is 1.99. The molecule has 0 aliphatic carbocycles. The van der Waals surface area contributed by atoms with E-state index in [1.165, 1.54) is 0 Å². The Morgan fingerprint density at radius 3 is 2.67 bits per heavy atom. The third kappa shape index (κ3) is 3.78. The van der Waals surface area contributed by atoms with E-state index in [9.17, 15) is 0 Å². The van der Waals surface area contributed by atoms with Crippen molar-refractivity contribution in [3.05, 3.63) is 48.3 Å². The van der Waals surface area contributed by atoms with Crippen LogP contribution in [-0.4, -0.2) is 21.5 Å². The van der Waals surface area contributed by atoms with Gasteiger partial charge in [-0.3, -0.25) is 4.98 Å². The summed E-state index contributed by atoms with van der Waals surface area (Å²) in [4.78, 5) is 12.5. The Bertz CT molecular complexity index is 458. The molecule has 2 heterocycles. The minimum atomic E-state index is 0.356. The van der Waals surface area contributed by atoms with E-state index in [2.05, 4.69) is 27.2 Å². The van der Waals surface area contributed by atoms with Crippen LogP contribution in [0.2, 0.25) is 0 Å². The molecule has 2 rings (SSSR count). The number of rotatable bonds is 6. The van der Waals surface area contributed by atoms with Crippen LogP contribution in [0.25, 0.3) is 0 Å². The highest BCUT2D eigenvalue weighted by molar-refractivity contribution is 5.19. The van der Waals surface area contributed by atoms with Gasteiger partial charge in [-0.2, -0.15) is 0 Å². The maximum Gasteiger partial charge on any atom is 0.166 e. The van der Waals surface area contributed by atoms with Gasteiger partial charge in [-0.15, -0.1) is 0 Å². The quantitative estimate of drug-likeness (QED) is 0.835. The Balaban J connectivity index is 1.86. The number of hydrogen-bond donors (Lipinski definition) is 1. The van der Waals surface area contributed by atoms with Crippen LogP contribution < -0.4 is 10.1 Å². The molecule has 0 aromatic carbocycles. The summed E-state index contributed by atoms with van der Waals surface area (Å²) in [5.74, 6) is 1.39. The van der Waals surface area contributed by atoms with Gasteiger partial charge in [0, 0.05) is 18.9 Å². The lowest BCUT2D eigenvalue weighted by Gasteiger charge is -2.06. The van der Waals surface area contributed by atoms with Crippen molar-refractivity contribution < 1.29 is 4.74 Å². The van der Waals surface area contributed by atoms with Gasteiger partial charge >= 0.3 is 0 Å². The Hall–Kier alpha value is -2.01. The van der Waals surface area contributed by atoms with E-state index >= 15 is 0 Å². The average Bonchev–Trinajstić information content (AvgIpc) is 2.45. The number of hydrogen-bond acceptors (Lipinski definition) is 5. The topological polar surface area (TPSA) is 59.9 Å². The van der Waals surface area contributed by atoms with E-state index in [0.717, 1.165) is 24.5 Å². The van der Waals surface area contributed by atoms with E-state index in [-0.39, 0.29) is 0 Å². The van der Waals surface area contributed by atoms with Crippen LogP contribution in [0, 0.1) is 0 Å². The number of pyridine rings is 1. The van der Waals surface area contributed by atoms with E-state index in [1.54, 1.807) is 24.7 Å². The molecule has 1 N–H and O–H groups in total. The lowest BCUT2D eigenvalue weighted by atomic mass is 10.3. The normalized spacial score (nSPS) is 10.3. The number of nitrogens with one attached hydrogen (secondary N) is 1. The molecule has 5 nitrogen and oxygen atoms in total. The summed E-state index contributed by atoms with van der Waals surface area (Å²) in [6.07, 6.45) is 5.11. The molecule has 5 heteroatoms. The van der Waals surface area contributed by atoms with E-state index in [1.807, 2.05) is 12.1 Å². The fraction of sp³-hybridized carbons (Fsp3) is 0.308. The molecular weight excluding hydrogens is 228 g/mol. The maximum atomic E-state index is 5.54. The minimum Gasteiger partial charge on any atom is -0.484 e. The fourth-order valence-electron chi connectivity index (χ4n) is 1.41. The molecule has 94 valence electrons. The van der Waals surface area contributed by atoms with Gasteiger partial charge in [0.2, 0.25) is 0 Å². The summed E-state index contributed by atoms with van der Waals surface area (Å²) in [5, 5.41) is 3.22. The van der Waals surface area contributed by atoms with Crippen LogP contribution in [0.15, 0.2) is 36.8 Å². The second-order valence-corrected chi connectivity index (χ2v) is 3.72. The zero-order chi connectivity index (χ0) is 12.6. The first-order valence-corrected chi connectivity index (χ1v) is 5.93. The number of nitrogens with zero attached hydrogens (tertiary/aromatic N) is 3.